The highest BCUT2D eigenvalue weighted by Gasteiger charge is 2.21. The van der Waals surface area contributed by atoms with E-state index < -0.39 is 6.04 Å². The summed E-state index contributed by atoms with van der Waals surface area (Å²) < 4.78 is 0. The molecule has 4 heteroatoms. The van der Waals surface area contributed by atoms with Crippen molar-refractivity contribution >= 4 is 28.4 Å². The van der Waals surface area contributed by atoms with Gasteiger partial charge in [-0.2, -0.15) is 0 Å². The van der Waals surface area contributed by atoms with Gasteiger partial charge in [-0.15, -0.1) is 0 Å². The van der Waals surface area contributed by atoms with Gasteiger partial charge in [0, 0.05) is 42.8 Å². The molecule has 0 aliphatic carbocycles. The summed E-state index contributed by atoms with van der Waals surface area (Å²) in [5, 5.41) is 12.8. The second-order valence-electron chi connectivity index (χ2n) is 7.52. The van der Waals surface area contributed by atoms with Crippen LogP contribution in [0.1, 0.15) is 22.7 Å². The molecule has 150 valence electrons. The van der Waals surface area contributed by atoms with E-state index in [0.717, 1.165) is 33.2 Å². The quantitative estimate of drug-likeness (QED) is 0.351. The number of phenols is 1. The fourth-order valence-corrected chi connectivity index (χ4v) is 3.66. The highest BCUT2D eigenvalue weighted by atomic mass is 16.3. The molecule has 0 aromatic heterocycles. The van der Waals surface area contributed by atoms with E-state index in [0.29, 0.717) is 5.69 Å². The van der Waals surface area contributed by atoms with Gasteiger partial charge in [0.1, 0.15) is 11.8 Å². The third kappa shape index (κ3) is 3.85. The molecule has 0 fully saturated rings. The fraction of sp³-hybridized carbons (Fsp3) is 0.115. The number of rotatable bonds is 5. The van der Waals surface area contributed by atoms with Gasteiger partial charge in [0.2, 0.25) is 0 Å². The Balaban J connectivity index is 1.85. The molecule has 0 spiro atoms. The molecule has 0 radical (unpaired) electrons. The number of para-hydroxylation sites is 1. The lowest BCUT2D eigenvalue weighted by atomic mass is 9.92. The minimum absolute atomic E-state index is 0.210. The first kappa shape index (κ1) is 19.5. The van der Waals surface area contributed by atoms with Crippen LogP contribution < -0.4 is 10.6 Å². The second kappa shape index (κ2) is 8.29. The first-order valence-electron chi connectivity index (χ1n) is 9.90. The average molecular weight is 396 g/mol. The summed E-state index contributed by atoms with van der Waals surface area (Å²) in [6.07, 6.45) is 1.84. The third-order valence-electron chi connectivity index (χ3n) is 5.29. The van der Waals surface area contributed by atoms with E-state index in [-0.39, 0.29) is 5.75 Å². The second-order valence-corrected chi connectivity index (χ2v) is 7.52. The maximum atomic E-state index is 10.8. The molecule has 4 rings (SSSR count). The van der Waals surface area contributed by atoms with E-state index in [1.54, 1.807) is 6.07 Å². The summed E-state index contributed by atoms with van der Waals surface area (Å²) in [6, 6.07) is 27.1. The smallest absolute Gasteiger partial charge is 0.121 e. The maximum absolute atomic E-state index is 10.8. The molecule has 0 amide bonds. The summed E-state index contributed by atoms with van der Waals surface area (Å²) >= 11 is 0. The van der Waals surface area contributed by atoms with Crippen LogP contribution in [-0.4, -0.2) is 25.4 Å². The van der Waals surface area contributed by atoms with Crippen LogP contribution in [0.5, 0.6) is 5.75 Å². The summed E-state index contributed by atoms with van der Waals surface area (Å²) in [5.41, 5.74) is 10.7. The Morgan fingerprint density at radius 2 is 1.57 bits per heavy atom. The molecule has 0 aliphatic rings. The van der Waals surface area contributed by atoms with Crippen LogP contribution in [0.3, 0.4) is 0 Å². The highest BCUT2D eigenvalue weighted by Crippen LogP contribution is 2.39. The molecule has 1 atom stereocenters. The SMILES string of the molecule is CN(C)c1ccc(C=NC(c2ccccc2N)c2c(O)ccc3ccccc23)cc1. The van der Waals surface area contributed by atoms with Gasteiger partial charge in [0.05, 0.1) is 0 Å². The predicted octanol–water partition coefficient (Wildman–Crippen LogP) is 5.40. The first-order chi connectivity index (χ1) is 14.5. The van der Waals surface area contributed by atoms with E-state index in [1.807, 2.05) is 87.0 Å². The topological polar surface area (TPSA) is 61.8 Å². The van der Waals surface area contributed by atoms with Crippen LogP contribution in [0.25, 0.3) is 10.8 Å². The summed E-state index contributed by atoms with van der Waals surface area (Å²) in [4.78, 5) is 6.96. The van der Waals surface area contributed by atoms with Gasteiger partial charge in [0.15, 0.2) is 0 Å². The number of nitrogens with zero attached hydrogens (tertiary/aromatic N) is 2. The highest BCUT2D eigenvalue weighted by molar-refractivity contribution is 5.89. The number of hydrogen-bond acceptors (Lipinski definition) is 4. The molecule has 0 heterocycles. The third-order valence-corrected chi connectivity index (χ3v) is 5.29. The first-order valence-corrected chi connectivity index (χ1v) is 9.90. The fourth-order valence-electron chi connectivity index (χ4n) is 3.66. The van der Waals surface area contributed by atoms with Crippen LogP contribution >= 0.6 is 0 Å². The maximum Gasteiger partial charge on any atom is 0.121 e. The predicted molar refractivity (Wildman–Crippen MR) is 127 cm³/mol. The normalized spacial score (nSPS) is 12.3. The molecule has 0 bridgehead atoms. The Bertz CT molecular complexity index is 1200. The summed E-state index contributed by atoms with van der Waals surface area (Å²) in [5.74, 6) is 0.210. The van der Waals surface area contributed by atoms with Crippen LogP contribution in [0.2, 0.25) is 0 Å². The van der Waals surface area contributed by atoms with Crippen LogP contribution in [-0.2, 0) is 0 Å². The van der Waals surface area contributed by atoms with E-state index in [1.165, 1.54) is 0 Å². The van der Waals surface area contributed by atoms with Crippen LogP contribution in [0.15, 0.2) is 89.9 Å². The Morgan fingerprint density at radius 1 is 0.867 bits per heavy atom. The number of nitrogen functional groups attached to an aromatic ring is 1. The number of aromatic hydroxyl groups is 1. The van der Waals surface area contributed by atoms with Gasteiger partial charge in [-0.3, -0.25) is 4.99 Å². The number of hydrogen-bond donors (Lipinski definition) is 2. The van der Waals surface area contributed by atoms with Crippen molar-refractivity contribution < 1.29 is 5.11 Å². The van der Waals surface area contributed by atoms with Gasteiger partial charge >= 0.3 is 0 Å². The minimum atomic E-state index is -0.425. The van der Waals surface area contributed by atoms with Gasteiger partial charge < -0.3 is 15.7 Å². The zero-order valence-electron chi connectivity index (χ0n) is 17.2. The number of anilines is 2. The van der Waals surface area contributed by atoms with Gasteiger partial charge in [0.25, 0.3) is 0 Å². The molecule has 30 heavy (non-hydrogen) atoms. The molecule has 1 unspecified atom stereocenters. The standard InChI is InChI=1S/C26H25N3O/c1-29(2)20-14-11-18(12-15-20)17-28-26(22-9-5-6-10-23(22)27)25-21-8-4-3-7-19(21)13-16-24(25)30/h3-17,26,30H,27H2,1-2H3. The number of nitrogens with two attached hydrogens (primary N) is 1. The van der Waals surface area contributed by atoms with E-state index >= 15 is 0 Å². The van der Waals surface area contributed by atoms with Gasteiger partial charge in [-0.25, -0.2) is 0 Å². The number of aliphatic imine (C=N–C) groups is 1. The van der Waals surface area contributed by atoms with Crippen LogP contribution in [0.4, 0.5) is 11.4 Å². The van der Waals surface area contributed by atoms with Crippen molar-refractivity contribution in [1.82, 2.24) is 0 Å². The van der Waals surface area contributed by atoms with Crippen molar-refractivity contribution in [2.24, 2.45) is 4.99 Å². The van der Waals surface area contributed by atoms with Crippen molar-refractivity contribution in [3.8, 4) is 5.75 Å². The molecular formula is C26H25N3O. The van der Waals surface area contributed by atoms with Crippen molar-refractivity contribution in [3.05, 3.63) is 102 Å². The van der Waals surface area contributed by atoms with E-state index in [4.69, 9.17) is 10.7 Å². The zero-order chi connectivity index (χ0) is 21.1. The van der Waals surface area contributed by atoms with Crippen molar-refractivity contribution in [1.29, 1.82) is 0 Å². The van der Waals surface area contributed by atoms with Gasteiger partial charge in [-0.1, -0.05) is 60.7 Å². The Labute approximate surface area is 176 Å². The Morgan fingerprint density at radius 3 is 2.30 bits per heavy atom. The zero-order valence-corrected chi connectivity index (χ0v) is 17.2. The monoisotopic (exact) mass is 395 g/mol. The number of benzene rings is 4. The molecule has 4 nitrogen and oxygen atoms in total. The van der Waals surface area contributed by atoms with E-state index in [2.05, 4.69) is 17.0 Å². The lowest BCUT2D eigenvalue weighted by Crippen LogP contribution is -2.08. The minimum Gasteiger partial charge on any atom is -0.508 e. The van der Waals surface area contributed by atoms with Crippen molar-refractivity contribution in [3.63, 3.8) is 0 Å². The van der Waals surface area contributed by atoms with E-state index in [9.17, 15) is 5.11 Å². The van der Waals surface area contributed by atoms with Crippen molar-refractivity contribution in [2.75, 3.05) is 24.7 Å². The Kier molecular flexibility index (Phi) is 5.40. The number of fused-ring (bicyclic) bond motifs is 1. The molecule has 4 aromatic carbocycles. The summed E-state index contributed by atoms with van der Waals surface area (Å²) in [6.45, 7) is 0. The van der Waals surface area contributed by atoms with Gasteiger partial charge in [-0.05, 0) is 40.6 Å². The van der Waals surface area contributed by atoms with Crippen LogP contribution in [0, 0.1) is 0 Å². The van der Waals surface area contributed by atoms with Crippen molar-refractivity contribution in [2.45, 2.75) is 6.04 Å². The Hall–Kier alpha value is -3.79. The molecular weight excluding hydrogens is 370 g/mol. The molecule has 4 aromatic rings. The average Bonchev–Trinajstić information content (AvgIpc) is 2.76. The summed E-state index contributed by atoms with van der Waals surface area (Å²) in [7, 11) is 4.03. The number of phenolic OH excluding ortho intramolecular Hbond substituents is 1. The molecule has 0 aliphatic heterocycles. The molecule has 0 saturated carbocycles. The lowest BCUT2D eigenvalue weighted by Gasteiger charge is -2.19. The lowest BCUT2D eigenvalue weighted by molar-refractivity contribution is 0.467. The molecule has 0 saturated heterocycles. The largest absolute Gasteiger partial charge is 0.508 e. The molecule has 3 N–H and O–H groups in total.